The van der Waals surface area contributed by atoms with Gasteiger partial charge in [-0.3, -0.25) is 9.69 Å². The monoisotopic (exact) mass is 368 g/mol. The Morgan fingerprint density at radius 2 is 1.70 bits per heavy atom. The van der Waals surface area contributed by atoms with Gasteiger partial charge in [-0.1, -0.05) is 24.3 Å². The minimum absolute atomic E-state index is 0.102. The van der Waals surface area contributed by atoms with Crippen LogP contribution < -0.4 is 14.8 Å². The van der Waals surface area contributed by atoms with Crippen molar-refractivity contribution >= 4 is 5.91 Å². The molecule has 2 aromatic rings. The highest BCUT2D eigenvalue weighted by atomic mass is 16.5. The molecule has 0 aromatic heterocycles. The van der Waals surface area contributed by atoms with E-state index in [9.17, 15) is 4.79 Å². The van der Waals surface area contributed by atoms with Gasteiger partial charge in [-0.05, 0) is 61.3 Å². The van der Waals surface area contributed by atoms with Crippen LogP contribution in [0.1, 0.15) is 24.0 Å². The molecule has 2 aromatic carbocycles. The number of rotatable bonds is 7. The number of hydrogen-bond donors (Lipinski definition) is 1. The average molecular weight is 368 g/mol. The van der Waals surface area contributed by atoms with Crippen molar-refractivity contribution in [3.8, 4) is 11.5 Å². The summed E-state index contributed by atoms with van der Waals surface area (Å²) in [5, 5.41) is 3.07. The zero-order chi connectivity index (χ0) is 19.1. The fourth-order valence-corrected chi connectivity index (χ4v) is 3.46. The number of likely N-dealkylation sites (tertiary alicyclic amines) is 1. The van der Waals surface area contributed by atoms with Gasteiger partial charge in [0.2, 0.25) is 5.91 Å². The molecule has 1 aliphatic heterocycles. The molecule has 1 saturated heterocycles. The molecule has 0 unspecified atom stereocenters. The zero-order valence-electron chi connectivity index (χ0n) is 16.1. The van der Waals surface area contributed by atoms with E-state index in [1.165, 1.54) is 5.56 Å². The van der Waals surface area contributed by atoms with Crippen LogP contribution >= 0.6 is 0 Å². The Balaban J connectivity index is 1.43. The van der Waals surface area contributed by atoms with Crippen LogP contribution in [0.2, 0.25) is 0 Å². The van der Waals surface area contributed by atoms with Gasteiger partial charge in [0, 0.05) is 19.0 Å². The zero-order valence-corrected chi connectivity index (χ0v) is 16.1. The summed E-state index contributed by atoms with van der Waals surface area (Å²) >= 11 is 0. The number of nitrogens with one attached hydrogen (secondary N) is 1. The van der Waals surface area contributed by atoms with E-state index in [2.05, 4.69) is 22.3 Å². The molecule has 0 radical (unpaired) electrons. The summed E-state index contributed by atoms with van der Waals surface area (Å²) in [4.78, 5) is 14.9. The first-order valence-electron chi connectivity index (χ1n) is 9.44. The van der Waals surface area contributed by atoms with Gasteiger partial charge >= 0.3 is 0 Å². The summed E-state index contributed by atoms with van der Waals surface area (Å²) in [5.74, 6) is 1.98. The van der Waals surface area contributed by atoms with Crippen LogP contribution in [-0.4, -0.2) is 38.1 Å². The van der Waals surface area contributed by atoms with Crippen molar-refractivity contribution in [2.24, 2.45) is 5.92 Å². The number of methoxy groups -OCH3 is 2. The second-order valence-corrected chi connectivity index (χ2v) is 6.97. The predicted octanol–water partition coefficient (Wildman–Crippen LogP) is 3.23. The molecule has 1 fully saturated rings. The van der Waals surface area contributed by atoms with Crippen LogP contribution in [0.5, 0.6) is 11.5 Å². The number of piperidine rings is 1. The first-order chi connectivity index (χ1) is 13.2. The minimum Gasteiger partial charge on any atom is -0.497 e. The molecule has 5 heteroatoms. The van der Waals surface area contributed by atoms with E-state index in [4.69, 9.17) is 9.47 Å². The molecule has 27 heavy (non-hydrogen) atoms. The normalized spacial score (nSPS) is 15.3. The van der Waals surface area contributed by atoms with Gasteiger partial charge in [0.05, 0.1) is 14.2 Å². The quantitative estimate of drug-likeness (QED) is 0.815. The highest BCUT2D eigenvalue weighted by Crippen LogP contribution is 2.21. The molecule has 0 spiro atoms. The number of carbonyl (C=O) groups is 1. The number of amides is 1. The predicted molar refractivity (Wildman–Crippen MR) is 106 cm³/mol. The minimum atomic E-state index is 0.102. The maximum absolute atomic E-state index is 12.5. The molecule has 5 nitrogen and oxygen atoms in total. The summed E-state index contributed by atoms with van der Waals surface area (Å²) < 4.78 is 10.4. The number of benzene rings is 2. The maximum atomic E-state index is 12.5. The van der Waals surface area contributed by atoms with Crippen LogP contribution in [-0.2, 0) is 17.9 Å². The van der Waals surface area contributed by atoms with Crippen molar-refractivity contribution < 1.29 is 14.3 Å². The Labute approximate surface area is 161 Å². The van der Waals surface area contributed by atoms with E-state index in [0.717, 1.165) is 49.5 Å². The smallest absolute Gasteiger partial charge is 0.223 e. The standard InChI is InChI=1S/C22H28N2O3/c1-26-20-8-6-17(7-9-20)15-23-22(25)19-10-12-24(13-11-19)16-18-4-3-5-21(14-18)27-2/h3-9,14,19H,10-13,15-16H2,1-2H3,(H,23,25). The summed E-state index contributed by atoms with van der Waals surface area (Å²) in [6.07, 6.45) is 1.80. The number of hydrogen-bond acceptors (Lipinski definition) is 4. The molecule has 0 saturated carbocycles. The molecule has 1 N–H and O–H groups in total. The van der Waals surface area contributed by atoms with E-state index in [1.54, 1.807) is 14.2 Å². The Hall–Kier alpha value is -2.53. The van der Waals surface area contributed by atoms with E-state index < -0.39 is 0 Å². The van der Waals surface area contributed by atoms with Gasteiger partial charge in [-0.2, -0.15) is 0 Å². The van der Waals surface area contributed by atoms with Crippen molar-refractivity contribution in [1.82, 2.24) is 10.2 Å². The van der Waals surface area contributed by atoms with Gasteiger partial charge in [-0.25, -0.2) is 0 Å². The Bertz CT molecular complexity index is 737. The Kier molecular flexibility index (Phi) is 6.71. The second-order valence-electron chi connectivity index (χ2n) is 6.97. The van der Waals surface area contributed by atoms with Crippen molar-refractivity contribution in [2.45, 2.75) is 25.9 Å². The van der Waals surface area contributed by atoms with Gasteiger partial charge in [0.25, 0.3) is 0 Å². The lowest BCUT2D eigenvalue weighted by Gasteiger charge is -2.31. The molecule has 0 aliphatic carbocycles. The third kappa shape index (κ3) is 5.47. The number of nitrogens with zero attached hydrogens (tertiary/aromatic N) is 1. The van der Waals surface area contributed by atoms with Crippen molar-refractivity contribution in [2.75, 3.05) is 27.3 Å². The highest BCUT2D eigenvalue weighted by Gasteiger charge is 2.24. The first kappa shape index (κ1) is 19.2. The van der Waals surface area contributed by atoms with Crippen LogP contribution in [0.25, 0.3) is 0 Å². The Morgan fingerprint density at radius 1 is 1.00 bits per heavy atom. The van der Waals surface area contributed by atoms with Crippen LogP contribution in [0, 0.1) is 5.92 Å². The average Bonchev–Trinajstić information content (AvgIpc) is 2.73. The molecular formula is C22H28N2O3. The molecular weight excluding hydrogens is 340 g/mol. The van der Waals surface area contributed by atoms with E-state index >= 15 is 0 Å². The van der Waals surface area contributed by atoms with Crippen LogP contribution in [0.4, 0.5) is 0 Å². The molecule has 0 bridgehead atoms. The molecule has 1 heterocycles. The molecule has 1 amide bonds. The lowest BCUT2D eigenvalue weighted by Crippen LogP contribution is -2.40. The van der Waals surface area contributed by atoms with Gasteiger partial charge in [-0.15, -0.1) is 0 Å². The topological polar surface area (TPSA) is 50.8 Å². The summed E-state index contributed by atoms with van der Waals surface area (Å²) in [6, 6.07) is 16.0. The number of carbonyl (C=O) groups excluding carboxylic acids is 1. The van der Waals surface area contributed by atoms with Gasteiger partial charge < -0.3 is 14.8 Å². The molecule has 0 atom stereocenters. The fraction of sp³-hybridized carbons (Fsp3) is 0.409. The van der Waals surface area contributed by atoms with Crippen molar-refractivity contribution in [1.29, 1.82) is 0 Å². The first-order valence-corrected chi connectivity index (χ1v) is 9.44. The lowest BCUT2D eigenvalue weighted by molar-refractivity contribution is -0.126. The number of ether oxygens (including phenoxy) is 2. The van der Waals surface area contributed by atoms with Crippen molar-refractivity contribution in [3.63, 3.8) is 0 Å². The third-order valence-corrected chi connectivity index (χ3v) is 5.12. The van der Waals surface area contributed by atoms with Crippen LogP contribution in [0.15, 0.2) is 48.5 Å². The lowest BCUT2D eigenvalue weighted by atomic mass is 9.95. The summed E-state index contributed by atoms with van der Waals surface area (Å²) in [6.45, 7) is 3.35. The summed E-state index contributed by atoms with van der Waals surface area (Å²) in [7, 11) is 3.34. The van der Waals surface area contributed by atoms with E-state index in [-0.39, 0.29) is 11.8 Å². The fourth-order valence-electron chi connectivity index (χ4n) is 3.46. The van der Waals surface area contributed by atoms with Crippen molar-refractivity contribution in [3.05, 3.63) is 59.7 Å². The Morgan fingerprint density at radius 3 is 2.37 bits per heavy atom. The summed E-state index contributed by atoms with van der Waals surface area (Å²) in [5.41, 5.74) is 2.33. The molecule has 3 rings (SSSR count). The molecule has 144 valence electrons. The molecule has 1 aliphatic rings. The van der Waals surface area contributed by atoms with E-state index in [0.29, 0.717) is 6.54 Å². The highest BCUT2D eigenvalue weighted by molar-refractivity contribution is 5.78. The third-order valence-electron chi connectivity index (χ3n) is 5.12. The largest absolute Gasteiger partial charge is 0.497 e. The van der Waals surface area contributed by atoms with Gasteiger partial charge in [0.1, 0.15) is 11.5 Å². The van der Waals surface area contributed by atoms with Crippen LogP contribution in [0.3, 0.4) is 0 Å². The second kappa shape index (κ2) is 9.42. The van der Waals surface area contributed by atoms with Gasteiger partial charge in [0.15, 0.2) is 0 Å². The van der Waals surface area contributed by atoms with E-state index in [1.807, 2.05) is 36.4 Å². The SMILES string of the molecule is COc1ccc(CNC(=O)C2CCN(Cc3cccc(OC)c3)CC2)cc1. The maximum Gasteiger partial charge on any atom is 0.223 e.